The predicted octanol–water partition coefficient (Wildman–Crippen LogP) is 5.79. The summed E-state index contributed by atoms with van der Waals surface area (Å²) in [5.74, 6) is 0.660. The van der Waals surface area contributed by atoms with Crippen molar-refractivity contribution in [2.75, 3.05) is 5.32 Å². The summed E-state index contributed by atoms with van der Waals surface area (Å²) in [5.41, 5.74) is 1.26. The van der Waals surface area contributed by atoms with Gasteiger partial charge < -0.3 is 10.1 Å². The molecule has 132 valence electrons. The summed E-state index contributed by atoms with van der Waals surface area (Å²) in [6.07, 6.45) is 1.54. The number of carbonyl (C=O) groups excluding carboxylic acids is 1. The fraction of sp³-hybridized carbons (Fsp3) is 0. The van der Waals surface area contributed by atoms with E-state index in [0.29, 0.717) is 17.2 Å². The van der Waals surface area contributed by atoms with Crippen LogP contribution >= 0.6 is 15.9 Å². The average molecular weight is 419 g/mol. The number of nitrogens with zero attached hydrogens (tertiary/aromatic N) is 1. The van der Waals surface area contributed by atoms with Crippen LogP contribution < -0.4 is 10.1 Å². The zero-order valence-corrected chi connectivity index (χ0v) is 15.8. The van der Waals surface area contributed by atoms with E-state index in [-0.39, 0.29) is 5.57 Å². The van der Waals surface area contributed by atoms with E-state index in [9.17, 15) is 10.1 Å². The van der Waals surface area contributed by atoms with Crippen LogP contribution in [0.25, 0.3) is 6.08 Å². The van der Waals surface area contributed by atoms with E-state index < -0.39 is 5.91 Å². The third kappa shape index (κ3) is 5.06. The zero-order valence-electron chi connectivity index (χ0n) is 14.2. The summed E-state index contributed by atoms with van der Waals surface area (Å²) < 4.78 is 6.76. The Kier molecular flexibility index (Phi) is 6.03. The summed E-state index contributed by atoms with van der Waals surface area (Å²) in [7, 11) is 0. The van der Waals surface area contributed by atoms with Gasteiger partial charge in [0, 0.05) is 4.47 Å². The molecule has 0 fully saturated rings. The minimum Gasteiger partial charge on any atom is -0.455 e. The number of anilines is 1. The number of ether oxygens (including phenoxy) is 1. The van der Waals surface area contributed by atoms with Gasteiger partial charge in [-0.2, -0.15) is 5.26 Å². The highest BCUT2D eigenvalue weighted by Gasteiger charge is 2.13. The average Bonchev–Trinajstić information content (AvgIpc) is 2.70. The van der Waals surface area contributed by atoms with E-state index in [2.05, 4.69) is 21.2 Å². The van der Waals surface area contributed by atoms with Crippen molar-refractivity contribution >= 4 is 33.6 Å². The molecule has 0 aromatic heterocycles. The number of hydrogen-bond acceptors (Lipinski definition) is 3. The van der Waals surface area contributed by atoms with Gasteiger partial charge in [0.1, 0.15) is 17.4 Å². The van der Waals surface area contributed by atoms with E-state index in [4.69, 9.17) is 4.74 Å². The van der Waals surface area contributed by atoms with Gasteiger partial charge in [0.15, 0.2) is 5.75 Å². The second-order valence-electron chi connectivity index (χ2n) is 5.59. The van der Waals surface area contributed by atoms with Crippen LogP contribution in [0.5, 0.6) is 11.5 Å². The quantitative estimate of drug-likeness (QED) is 0.421. The lowest BCUT2D eigenvalue weighted by molar-refractivity contribution is -0.112. The third-order valence-corrected chi connectivity index (χ3v) is 4.18. The molecule has 0 saturated heterocycles. The number of benzene rings is 3. The van der Waals surface area contributed by atoms with Gasteiger partial charge in [-0.1, -0.05) is 58.4 Å². The first-order valence-electron chi connectivity index (χ1n) is 8.16. The number of hydrogen-bond donors (Lipinski definition) is 1. The monoisotopic (exact) mass is 418 g/mol. The van der Waals surface area contributed by atoms with Crippen LogP contribution in [0.15, 0.2) is 88.9 Å². The fourth-order valence-corrected chi connectivity index (χ4v) is 2.60. The first-order chi connectivity index (χ1) is 13.2. The first-order valence-corrected chi connectivity index (χ1v) is 8.95. The molecule has 4 nitrogen and oxygen atoms in total. The number of halogens is 1. The summed E-state index contributed by atoms with van der Waals surface area (Å²) in [6, 6.07) is 25.7. The Morgan fingerprint density at radius 2 is 1.63 bits per heavy atom. The first kappa shape index (κ1) is 18.4. The molecule has 0 aliphatic heterocycles. The predicted molar refractivity (Wildman–Crippen MR) is 109 cm³/mol. The number of nitriles is 1. The normalized spacial score (nSPS) is 10.7. The number of para-hydroxylation sites is 3. The van der Waals surface area contributed by atoms with Crippen molar-refractivity contribution in [3.05, 3.63) is 94.5 Å². The summed E-state index contributed by atoms with van der Waals surface area (Å²) >= 11 is 3.36. The lowest BCUT2D eigenvalue weighted by Gasteiger charge is -2.12. The highest BCUT2D eigenvalue weighted by molar-refractivity contribution is 9.10. The Hall–Kier alpha value is -3.36. The van der Waals surface area contributed by atoms with E-state index in [1.54, 1.807) is 24.3 Å². The number of nitrogens with one attached hydrogen (secondary N) is 1. The second-order valence-corrected chi connectivity index (χ2v) is 6.50. The maximum Gasteiger partial charge on any atom is 0.266 e. The molecular formula is C22H15BrN2O2. The van der Waals surface area contributed by atoms with Crippen molar-refractivity contribution in [1.82, 2.24) is 0 Å². The molecule has 5 heteroatoms. The highest BCUT2D eigenvalue weighted by atomic mass is 79.9. The van der Waals surface area contributed by atoms with E-state index >= 15 is 0 Å². The van der Waals surface area contributed by atoms with E-state index in [1.165, 1.54) is 0 Å². The van der Waals surface area contributed by atoms with Gasteiger partial charge in [-0.15, -0.1) is 0 Å². The molecule has 0 unspecified atom stereocenters. The maximum atomic E-state index is 12.6. The van der Waals surface area contributed by atoms with Crippen LogP contribution in [0, 0.1) is 11.3 Å². The van der Waals surface area contributed by atoms with Crippen LogP contribution in [0.3, 0.4) is 0 Å². The summed E-state index contributed by atoms with van der Waals surface area (Å²) in [6.45, 7) is 0. The molecule has 1 N–H and O–H groups in total. The highest BCUT2D eigenvalue weighted by Crippen LogP contribution is 2.29. The third-order valence-electron chi connectivity index (χ3n) is 3.65. The Morgan fingerprint density at radius 3 is 2.33 bits per heavy atom. The molecule has 3 aromatic rings. The van der Waals surface area contributed by atoms with Crippen molar-refractivity contribution in [2.24, 2.45) is 0 Å². The standard InChI is InChI=1S/C22H15BrN2O2/c23-18-12-10-16(11-13-18)14-17(15-24)22(26)25-20-8-4-5-9-21(20)27-19-6-2-1-3-7-19/h1-14H,(H,25,26)/b17-14+. The van der Waals surface area contributed by atoms with Gasteiger partial charge >= 0.3 is 0 Å². The molecule has 3 rings (SSSR count). The van der Waals surface area contributed by atoms with Gasteiger partial charge in [-0.05, 0) is 48.0 Å². The van der Waals surface area contributed by atoms with E-state index in [0.717, 1.165) is 10.0 Å². The Morgan fingerprint density at radius 1 is 0.963 bits per heavy atom. The minimum atomic E-state index is -0.496. The fourth-order valence-electron chi connectivity index (χ4n) is 2.34. The zero-order chi connectivity index (χ0) is 19.1. The Bertz CT molecular complexity index is 1010. The molecule has 0 atom stereocenters. The molecule has 0 aliphatic rings. The molecule has 0 aliphatic carbocycles. The molecule has 3 aromatic carbocycles. The molecule has 1 amide bonds. The van der Waals surface area contributed by atoms with Gasteiger partial charge in [0.2, 0.25) is 0 Å². The van der Waals surface area contributed by atoms with Crippen LogP contribution in [0.2, 0.25) is 0 Å². The lowest BCUT2D eigenvalue weighted by Crippen LogP contribution is -2.14. The molecule has 0 bridgehead atoms. The van der Waals surface area contributed by atoms with Crippen LogP contribution in [0.4, 0.5) is 5.69 Å². The molecule has 0 spiro atoms. The smallest absolute Gasteiger partial charge is 0.266 e. The van der Waals surface area contributed by atoms with Gasteiger partial charge in [-0.25, -0.2) is 0 Å². The minimum absolute atomic E-state index is 0.00633. The Labute approximate surface area is 165 Å². The van der Waals surface area contributed by atoms with Gasteiger partial charge in [0.05, 0.1) is 5.69 Å². The molecule has 0 radical (unpaired) electrons. The van der Waals surface area contributed by atoms with Crippen LogP contribution in [0.1, 0.15) is 5.56 Å². The largest absolute Gasteiger partial charge is 0.455 e. The number of amides is 1. The molecule has 0 saturated carbocycles. The van der Waals surface area contributed by atoms with Crippen molar-refractivity contribution in [1.29, 1.82) is 5.26 Å². The van der Waals surface area contributed by atoms with Gasteiger partial charge in [-0.3, -0.25) is 4.79 Å². The van der Waals surface area contributed by atoms with Crippen molar-refractivity contribution in [2.45, 2.75) is 0 Å². The topological polar surface area (TPSA) is 62.1 Å². The van der Waals surface area contributed by atoms with Crippen LogP contribution in [-0.4, -0.2) is 5.91 Å². The van der Waals surface area contributed by atoms with E-state index in [1.807, 2.05) is 66.7 Å². The molecule has 0 heterocycles. The number of carbonyl (C=O) groups is 1. The van der Waals surface area contributed by atoms with Crippen molar-refractivity contribution in [3.63, 3.8) is 0 Å². The lowest BCUT2D eigenvalue weighted by atomic mass is 10.1. The SMILES string of the molecule is N#C/C(=C\c1ccc(Br)cc1)C(=O)Nc1ccccc1Oc1ccccc1. The van der Waals surface area contributed by atoms with Crippen LogP contribution in [-0.2, 0) is 4.79 Å². The van der Waals surface area contributed by atoms with Crippen molar-refractivity contribution < 1.29 is 9.53 Å². The summed E-state index contributed by atoms with van der Waals surface area (Å²) in [5, 5.41) is 12.1. The Balaban J connectivity index is 1.81. The molecule has 27 heavy (non-hydrogen) atoms. The summed E-state index contributed by atoms with van der Waals surface area (Å²) in [4.78, 5) is 12.6. The second kappa shape index (κ2) is 8.84. The number of rotatable bonds is 5. The van der Waals surface area contributed by atoms with Gasteiger partial charge in [0.25, 0.3) is 5.91 Å². The maximum absolute atomic E-state index is 12.6. The molecular weight excluding hydrogens is 404 g/mol. The van der Waals surface area contributed by atoms with Crippen molar-refractivity contribution in [3.8, 4) is 17.6 Å².